The molecule has 1 atom stereocenters. The molecule has 2 aromatic rings. The monoisotopic (exact) mass is 274 g/mol. The van der Waals surface area contributed by atoms with Crippen molar-refractivity contribution in [2.24, 2.45) is 0 Å². The van der Waals surface area contributed by atoms with Crippen LogP contribution in [0.4, 0.5) is 0 Å². The molecule has 108 valence electrons. The molecule has 2 heterocycles. The van der Waals surface area contributed by atoms with E-state index in [0.29, 0.717) is 18.5 Å². The van der Waals surface area contributed by atoms with Crippen LogP contribution in [0.5, 0.6) is 0 Å². The Morgan fingerprint density at radius 2 is 2.30 bits per heavy atom. The zero-order chi connectivity index (χ0) is 14.1. The Kier molecular flexibility index (Phi) is 3.61. The van der Waals surface area contributed by atoms with Crippen molar-refractivity contribution in [1.82, 2.24) is 20.0 Å². The fourth-order valence-corrected chi connectivity index (χ4v) is 2.87. The first-order valence-corrected chi connectivity index (χ1v) is 7.35. The predicted octanol–water partition coefficient (Wildman–Crippen LogP) is 2.64. The van der Waals surface area contributed by atoms with Crippen LogP contribution in [0.2, 0.25) is 0 Å². The smallest absolute Gasteiger partial charge is 0.229 e. The number of aryl methyl sites for hydroxylation is 1. The lowest BCUT2D eigenvalue weighted by atomic mass is 9.91. The molecule has 0 saturated heterocycles. The first kappa shape index (κ1) is 13.4. The van der Waals surface area contributed by atoms with Crippen molar-refractivity contribution in [2.45, 2.75) is 51.6 Å². The molecule has 0 spiro atoms. The van der Waals surface area contributed by atoms with E-state index in [4.69, 9.17) is 4.52 Å². The Labute approximate surface area is 119 Å². The first-order chi connectivity index (χ1) is 9.67. The third-order valence-electron chi connectivity index (χ3n) is 3.96. The second-order valence-corrected chi connectivity index (χ2v) is 5.85. The van der Waals surface area contributed by atoms with Gasteiger partial charge in [0.25, 0.3) is 0 Å². The topological polar surface area (TPSA) is 55.9 Å². The molecule has 0 amide bonds. The number of rotatable bonds is 4. The van der Waals surface area contributed by atoms with E-state index in [0.717, 1.165) is 5.82 Å². The van der Waals surface area contributed by atoms with Crippen LogP contribution in [-0.2, 0) is 13.0 Å². The molecule has 0 saturated carbocycles. The van der Waals surface area contributed by atoms with E-state index >= 15 is 0 Å². The standard InChI is InChI=1S/C15H22N4O/c1-10(2)15-17-14(18-20-15)9-19-7-11-5-4-6-13(16-3)12(11)8-19/h7-8,10,13,16H,4-6,9H2,1-3H3. The minimum atomic E-state index is 0.280. The SMILES string of the molecule is CNC1CCCc2cn(Cc3noc(C(C)C)n3)cc21. The highest BCUT2D eigenvalue weighted by Gasteiger charge is 2.21. The van der Waals surface area contributed by atoms with Crippen LogP contribution in [0.3, 0.4) is 0 Å². The molecule has 0 fully saturated rings. The second-order valence-electron chi connectivity index (χ2n) is 5.85. The Hall–Kier alpha value is -1.62. The van der Waals surface area contributed by atoms with Crippen molar-refractivity contribution in [1.29, 1.82) is 0 Å². The number of hydrogen-bond donors (Lipinski definition) is 1. The lowest BCUT2D eigenvalue weighted by molar-refractivity contribution is 0.360. The molecule has 0 aliphatic heterocycles. The van der Waals surface area contributed by atoms with Crippen LogP contribution in [0.15, 0.2) is 16.9 Å². The van der Waals surface area contributed by atoms with Gasteiger partial charge in [-0.15, -0.1) is 0 Å². The van der Waals surface area contributed by atoms with Gasteiger partial charge in [0.2, 0.25) is 5.89 Å². The summed E-state index contributed by atoms with van der Waals surface area (Å²) in [6.07, 6.45) is 8.09. The predicted molar refractivity (Wildman–Crippen MR) is 76.7 cm³/mol. The van der Waals surface area contributed by atoms with E-state index in [1.165, 1.54) is 30.4 Å². The summed E-state index contributed by atoms with van der Waals surface area (Å²) in [5.41, 5.74) is 2.87. The Bertz CT molecular complexity index is 584. The van der Waals surface area contributed by atoms with Crippen molar-refractivity contribution in [2.75, 3.05) is 7.05 Å². The molecule has 5 nitrogen and oxygen atoms in total. The fourth-order valence-electron chi connectivity index (χ4n) is 2.87. The molecule has 2 aromatic heterocycles. The molecule has 0 radical (unpaired) electrons. The van der Waals surface area contributed by atoms with E-state index in [2.05, 4.69) is 46.3 Å². The van der Waals surface area contributed by atoms with E-state index < -0.39 is 0 Å². The Morgan fingerprint density at radius 1 is 1.45 bits per heavy atom. The van der Waals surface area contributed by atoms with Crippen LogP contribution in [0.25, 0.3) is 0 Å². The van der Waals surface area contributed by atoms with Gasteiger partial charge in [0.1, 0.15) is 0 Å². The van der Waals surface area contributed by atoms with Gasteiger partial charge in [-0.05, 0) is 37.4 Å². The molecular formula is C15H22N4O. The van der Waals surface area contributed by atoms with Crippen molar-refractivity contribution in [3.63, 3.8) is 0 Å². The highest BCUT2D eigenvalue weighted by atomic mass is 16.5. The summed E-state index contributed by atoms with van der Waals surface area (Å²) in [5.74, 6) is 1.75. The van der Waals surface area contributed by atoms with E-state index in [9.17, 15) is 0 Å². The average Bonchev–Trinajstić information content (AvgIpc) is 3.04. The number of fused-ring (bicyclic) bond motifs is 1. The molecule has 0 aromatic carbocycles. The third-order valence-corrected chi connectivity index (χ3v) is 3.96. The summed E-state index contributed by atoms with van der Waals surface area (Å²) in [7, 11) is 2.03. The average molecular weight is 274 g/mol. The van der Waals surface area contributed by atoms with Crippen LogP contribution in [0.1, 0.15) is 61.5 Å². The van der Waals surface area contributed by atoms with Gasteiger partial charge in [0.15, 0.2) is 5.82 Å². The molecule has 20 heavy (non-hydrogen) atoms. The minimum Gasteiger partial charge on any atom is -0.346 e. The summed E-state index contributed by atoms with van der Waals surface area (Å²) in [4.78, 5) is 4.44. The maximum Gasteiger partial charge on any atom is 0.229 e. The van der Waals surface area contributed by atoms with Crippen LogP contribution < -0.4 is 5.32 Å². The summed E-state index contributed by atoms with van der Waals surface area (Å²) in [6.45, 7) is 4.80. The Morgan fingerprint density at radius 3 is 3.00 bits per heavy atom. The molecule has 3 rings (SSSR count). The lowest BCUT2D eigenvalue weighted by Crippen LogP contribution is -2.20. The second kappa shape index (κ2) is 5.40. The van der Waals surface area contributed by atoms with Crippen molar-refractivity contribution >= 4 is 0 Å². The summed E-state index contributed by atoms with van der Waals surface area (Å²) >= 11 is 0. The molecule has 1 N–H and O–H groups in total. The summed E-state index contributed by atoms with van der Waals surface area (Å²) in [5, 5.41) is 7.45. The molecule has 0 bridgehead atoms. The quantitative estimate of drug-likeness (QED) is 0.931. The highest BCUT2D eigenvalue weighted by Crippen LogP contribution is 2.30. The van der Waals surface area contributed by atoms with Crippen LogP contribution >= 0.6 is 0 Å². The maximum absolute atomic E-state index is 5.26. The van der Waals surface area contributed by atoms with Gasteiger partial charge in [-0.1, -0.05) is 19.0 Å². The maximum atomic E-state index is 5.26. The van der Waals surface area contributed by atoms with Crippen LogP contribution in [-0.4, -0.2) is 21.8 Å². The number of hydrogen-bond acceptors (Lipinski definition) is 4. The molecule has 1 aliphatic carbocycles. The number of nitrogens with zero attached hydrogens (tertiary/aromatic N) is 3. The van der Waals surface area contributed by atoms with E-state index in [1.807, 2.05) is 7.05 Å². The minimum absolute atomic E-state index is 0.280. The molecule has 5 heteroatoms. The number of nitrogens with one attached hydrogen (secondary N) is 1. The zero-order valence-electron chi connectivity index (χ0n) is 12.4. The molecular weight excluding hydrogens is 252 g/mol. The normalized spacial score (nSPS) is 18.5. The van der Waals surface area contributed by atoms with Crippen molar-refractivity contribution in [3.05, 3.63) is 35.2 Å². The summed E-state index contributed by atoms with van der Waals surface area (Å²) < 4.78 is 7.43. The van der Waals surface area contributed by atoms with E-state index in [-0.39, 0.29) is 5.92 Å². The van der Waals surface area contributed by atoms with Gasteiger partial charge in [0, 0.05) is 24.4 Å². The summed E-state index contributed by atoms with van der Waals surface area (Å²) in [6, 6.07) is 0.483. The first-order valence-electron chi connectivity index (χ1n) is 7.35. The van der Waals surface area contributed by atoms with Crippen LogP contribution in [0, 0.1) is 0 Å². The Balaban J connectivity index is 1.79. The third kappa shape index (κ3) is 2.50. The van der Waals surface area contributed by atoms with Gasteiger partial charge in [-0.2, -0.15) is 4.98 Å². The van der Waals surface area contributed by atoms with Gasteiger partial charge in [-0.3, -0.25) is 0 Å². The lowest BCUT2D eigenvalue weighted by Gasteiger charge is -2.21. The molecule has 1 unspecified atom stereocenters. The molecule has 1 aliphatic rings. The zero-order valence-corrected chi connectivity index (χ0v) is 12.4. The number of aromatic nitrogens is 3. The van der Waals surface area contributed by atoms with Gasteiger partial charge in [-0.25, -0.2) is 0 Å². The van der Waals surface area contributed by atoms with Crippen molar-refractivity contribution in [3.8, 4) is 0 Å². The van der Waals surface area contributed by atoms with E-state index in [1.54, 1.807) is 0 Å². The highest BCUT2D eigenvalue weighted by molar-refractivity contribution is 5.30. The fraction of sp³-hybridized carbons (Fsp3) is 0.600. The van der Waals surface area contributed by atoms with Gasteiger partial charge < -0.3 is 14.4 Å². The van der Waals surface area contributed by atoms with Gasteiger partial charge >= 0.3 is 0 Å². The van der Waals surface area contributed by atoms with Gasteiger partial charge in [0.05, 0.1) is 6.54 Å². The van der Waals surface area contributed by atoms with Crippen molar-refractivity contribution < 1.29 is 4.52 Å². The largest absolute Gasteiger partial charge is 0.346 e.